The van der Waals surface area contributed by atoms with Crippen molar-refractivity contribution in [2.24, 2.45) is 5.92 Å². The molecule has 3 atom stereocenters. The maximum Gasteiger partial charge on any atom is 0.162 e. The minimum absolute atomic E-state index is 0.241. The van der Waals surface area contributed by atoms with Gasteiger partial charge in [0, 0.05) is 11.6 Å². The first-order valence-electron chi connectivity index (χ1n) is 8.82. The normalized spacial score (nSPS) is 24.0. The Balaban J connectivity index is 1.77. The van der Waals surface area contributed by atoms with Gasteiger partial charge in [0.1, 0.15) is 18.2 Å². The second kappa shape index (κ2) is 5.56. The van der Waals surface area contributed by atoms with Crippen LogP contribution in [-0.4, -0.2) is 16.1 Å². The van der Waals surface area contributed by atoms with Gasteiger partial charge in [0.2, 0.25) is 0 Å². The Labute approximate surface area is 151 Å². The highest BCUT2D eigenvalue weighted by Crippen LogP contribution is 2.55. The van der Waals surface area contributed by atoms with Gasteiger partial charge in [-0.15, -0.1) is 11.3 Å². The highest BCUT2D eigenvalue weighted by atomic mass is 32.1. The molecule has 0 bridgehead atoms. The summed E-state index contributed by atoms with van der Waals surface area (Å²) in [6.07, 6.45) is 5.00. The standard InChI is InChI=1S/C20H20N4S/c1-3-14-13(2)20-23(18-9-6-10-25-18)17-11-21-12-22-19(17)24(20)16-8-5-4-7-15(14)16/h4-14,20H,3H2,1-2H3. The van der Waals surface area contributed by atoms with E-state index in [0.717, 1.165) is 17.9 Å². The van der Waals surface area contributed by atoms with E-state index in [-0.39, 0.29) is 6.17 Å². The molecule has 126 valence electrons. The minimum atomic E-state index is 0.241. The number of para-hydroxylation sites is 1. The van der Waals surface area contributed by atoms with E-state index >= 15 is 0 Å². The van der Waals surface area contributed by atoms with E-state index < -0.39 is 0 Å². The van der Waals surface area contributed by atoms with Crippen LogP contribution >= 0.6 is 11.3 Å². The molecule has 5 rings (SSSR count). The van der Waals surface area contributed by atoms with E-state index in [1.807, 2.05) is 6.20 Å². The Morgan fingerprint density at radius 2 is 1.96 bits per heavy atom. The lowest BCUT2D eigenvalue weighted by Gasteiger charge is -2.45. The summed E-state index contributed by atoms with van der Waals surface area (Å²) in [5.41, 5.74) is 3.83. The van der Waals surface area contributed by atoms with E-state index in [1.165, 1.54) is 16.3 Å². The van der Waals surface area contributed by atoms with Crippen molar-refractivity contribution in [1.82, 2.24) is 9.97 Å². The lowest BCUT2D eigenvalue weighted by atomic mass is 9.78. The molecule has 0 radical (unpaired) electrons. The monoisotopic (exact) mass is 348 g/mol. The van der Waals surface area contributed by atoms with Gasteiger partial charge in [-0.3, -0.25) is 0 Å². The van der Waals surface area contributed by atoms with Gasteiger partial charge >= 0.3 is 0 Å². The second-order valence-corrected chi connectivity index (χ2v) is 7.70. The molecule has 0 spiro atoms. The number of hydrogen-bond donors (Lipinski definition) is 0. The highest BCUT2D eigenvalue weighted by molar-refractivity contribution is 7.14. The molecule has 3 aromatic rings. The number of rotatable bonds is 2. The predicted molar refractivity (Wildman–Crippen MR) is 103 cm³/mol. The summed E-state index contributed by atoms with van der Waals surface area (Å²) in [4.78, 5) is 13.8. The molecule has 0 aliphatic carbocycles. The molecular formula is C20H20N4S. The summed E-state index contributed by atoms with van der Waals surface area (Å²) in [6, 6.07) is 13.1. The largest absolute Gasteiger partial charge is 0.307 e. The zero-order chi connectivity index (χ0) is 17.0. The average Bonchev–Trinajstić information content (AvgIpc) is 3.28. The van der Waals surface area contributed by atoms with Gasteiger partial charge in [-0.05, 0) is 41.5 Å². The Morgan fingerprint density at radius 1 is 1.08 bits per heavy atom. The van der Waals surface area contributed by atoms with Crippen molar-refractivity contribution in [3.63, 3.8) is 0 Å². The zero-order valence-electron chi connectivity index (χ0n) is 14.3. The van der Waals surface area contributed by atoms with Crippen molar-refractivity contribution in [1.29, 1.82) is 0 Å². The van der Waals surface area contributed by atoms with Gasteiger partial charge < -0.3 is 9.80 Å². The Kier molecular flexibility index (Phi) is 3.31. The first-order chi connectivity index (χ1) is 12.3. The lowest BCUT2D eigenvalue weighted by Crippen LogP contribution is -2.48. The molecule has 4 nitrogen and oxygen atoms in total. The lowest BCUT2D eigenvalue weighted by molar-refractivity contribution is 0.361. The third kappa shape index (κ3) is 1.99. The number of hydrogen-bond acceptors (Lipinski definition) is 5. The SMILES string of the molecule is CCC1c2ccccc2N2c3ncncc3N(c3cccs3)C2C1C. The van der Waals surface area contributed by atoms with Crippen LogP contribution in [0.3, 0.4) is 0 Å². The molecule has 5 heteroatoms. The molecule has 0 saturated carbocycles. The fourth-order valence-electron chi connectivity index (χ4n) is 4.54. The number of anilines is 4. The molecule has 0 fully saturated rings. The van der Waals surface area contributed by atoms with Crippen molar-refractivity contribution in [2.75, 3.05) is 9.80 Å². The topological polar surface area (TPSA) is 32.3 Å². The van der Waals surface area contributed by atoms with Crippen LogP contribution in [0.5, 0.6) is 0 Å². The van der Waals surface area contributed by atoms with Gasteiger partial charge in [-0.2, -0.15) is 0 Å². The van der Waals surface area contributed by atoms with Gasteiger partial charge in [0.05, 0.1) is 11.2 Å². The molecular weight excluding hydrogens is 328 g/mol. The van der Waals surface area contributed by atoms with Gasteiger partial charge in [0.15, 0.2) is 5.82 Å². The molecule has 3 unspecified atom stereocenters. The van der Waals surface area contributed by atoms with Gasteiger partial charge in [-0.1, -0.05) is 32.0 Å². The fraction of sp³-hybridized carbons (Fsp3) is 0.300. The number of nitrogens with zero attached hydrogens (tertiary/aromatic N) is 4. The van der Waals surface area contributed by atoms with Crippen molar-refractivity contribution in [2.45, 2.75) is 32.4 Å². The smallest absolute Gasteiger partial charge is 0.162 e. The van der Waals surface area contributed by atoms with E-state index in [1.54, 1.807) is 17.7 Å². The van der Waals surface area contributed by atoms with E-state index in [4.69, 9.17) is 0 Å². The first kappa shape index (κ1) is 14.9. The molecule has 0 amide bonds. The summed E-state index contributed by atoms with van der Waals surface area (Å²) < 4.78 is 0. The first-order valence-corrected chi connectivity index (χ1v) is 9.70. The summed E-state index contributed by atoms with van der Waals surface area (Å²) in [7, 11) is 0. The number of thiophene rings is 1. The third-order valence-electron chi connectivity index (χ3n) is 5.57. The van der Waals surface area contributed by atoms with Crippen LogP contribution < -0.4 is 9.80 Å². The number of fused-ring (bicyclic) bond motifs is 5. The Morgan fingerprint density at radius 3 is 2.76 bits per heavy atom. The minimum Gasteiger partial charge on any atom is -0.307 e. The van der Waals surface area contributed by atoms with Crippen molar-refractivity contribution in [3.05, 3.63) is 59.9 Å². The van der Waals surface area contributed by atoms with Gasteiger partial charge in [-0.25, -0.2) is 9.97 Å². The zero-order valence-corrected chi connectivity index (χ0v) is 15.1. The quantitative estimate of drug-likeness (QED) is 0.629. The van der Waals surface area contributed by atoms with Crippen molar-refractivity contribution < 1.29 is 0 Å². The van der Waals surface area contributed by atoms with Crippen LogP contribution in [0.15, 0.2) is 54.3 Å². The third-order valence-corrected chi connectivity index (χ3v) is 6.44. The van der Waals surface area contributed by atoms with Crippen LogP contribution in [0.4, 0.5) is 22.2 Å². The van der Waals surface area contributed by atoms with Crippen LogP contribution in [-0.2, 0) is 0 Å². The molecule has 4 heterocycles. The van der Waals surface area contributed by atoms with Gasteiger partial charge in [0.25, 0.3) is 0 Å². The molecule has 2 aromatic heterocycles. The van der Waals surface area contributed by atoms with E-state index in [9.17, 15) is 0 Å². The highest BCUT2D eigenvalue weighted by Gasteiger charge is 2.48. The maximum atomic E-state index is 4.67. The van der Waals surface area contributed by atoms with E-state index in [0.29, 0.717) is 11.8 Å². The molecule has 1 aromatic carbocycles. The second-order valence-electron chi connectivity index (χ2n) is 6.77. The van der Waals surface area contributed by atoms with Crippen LogP contribution in [0.2, 0.25) is 0 Å². The van der Waals surface area contributed by atoms with Crippen molar-refractivity contribution in [3.8, 4) is 0 Å². The number of aromatic nitrogens is 2. The van der Waals surface area contributed by atoms with Crippen LogP contribution in [0.25, 0.3) is 0 Å². The van der Waals surface area contributed by atoms with E-state index in [2.05, 4.69) is 75.4 Å². The average molecular weight is 348 g/mol. The molecule has 0 N–H and O–H groups in total. The summed E-state index contributed by atoms with van der Waals surface area (Å²) >= 11 is 1.78. The summed E-state index contributed by atoms with van der Waals surface area (Å²) in [6.45, 7) is 4.67. The summed E-state index contributed by atoms with van der Waals surface area (Å²) in [5, 5.41) is 3.39. The van der Waals surface area contributed by atoms with Crippen molar-refractivity contribution >= 4 is 33.5 Å². The van der Waals surface area contributed by atoms with Crippen LogP contribution in [0, 0.1) is 5.92 Å². The molecule has 2 aliphatic heterocycles. The molecule has 25 heavy (non-hydrogen) atoms. The Bertz CT molecular complexity index is 908. The Hall–Kier alpha value is -2.40. The van der Waals surface area contributed by atoms with Crippen LogP contribution in [0.1, 0.15) is 31.7 Å². The predicted octanol–water partition coefficient (Wildman–Crippen LogP) is 5.30. The molecule has 0 saturated heterocycles. The maximum absolute atomic E-state index is 4.67. The molecule has 2 aliphatic rings. The summed E-state index contributed by atoms with van der Waals surface area (Å²) in [5.74, 6) is 2.04. The number of benzene rings is 1. The fourth-order valence-corrected chi connectivity index (χ4v) is 5.31.